The number of nitrogens with two attached hydrogens (primary N) is 1. The molecule has 1 atom stereocenters. The number of aryl methyl sites for hydroxylation is 1. The minimum Gasteiger partial charge on any atom is -0.369 e. The van der Waals surface area contributed by atoms with Crippen molar-refractivity contribution in [2.24, 2.45) is 0 Å². The summed E-state index contributed by atoms with van der Waals surface area (Å²) in [7, 11) is 0. The fraction of sp³-hybridized carbons (Fsp3) is 0.286. The van der Waals surface area contributed by atoms with E-state index in [4.69, 9.17) is 5.73 Å². The van der Waals surface area contributed by atoms with E-state index in [1.54, 1.807) is 12.4 Å². The summed E-state index contributed by atoms with van der Waals surface area (Å²) in [6.45, 7) is 0. The molecule has 4 rings (SSSR count). The number of thiophene rings is 1. The van der Waals surface area contributed by atoms with Crippen molar-refractivity contribution in [1.29, 1.82) is 0 Å². The Morgan fingerprint density at radius 2 is 2.32 bits per heavy atom. The number of aromatic nitrogens is 3. The zero-order chi connectivity index (χ0) is 12.8. The van der Waals surface area contributed by atoms with Crippen LogP contribution in [0, 0.1) is 0 Å². The first-order valence-corrected chi connectivity index (χ1v) is 7.36. The number of rotatable bonds is 1. The van der Waals surface area contributed by atoms with Gasteiger partial charge in [0.15, 0.2) is 0 Å². The Labute approximate surface area is 114 Å². The van der Waals surface area contributed by atoms with E-state index in [2.05, 4.69) is 26.0 Å². The molecule has 3 heterocycles. The van der Waals surface area contributed by atoms with Gasteiger partial charge in [0.2, 0.25) is 5.95 Å². The third kappa shape index (κ3) is 1.58. The van der Waals surface area contributed by atoms with Crippen molar-refractivity contribution in [3.05, 3.63) is 40.3 Å². The van der Waals surface area contributed by atoms with Gasteiger partial charge in [0.25, 0.3) is 0 Å². The zero-order valence-corrected chi connectivity index (χ0v) is 11.2. The topological polar surface area (TPSA) is 56.7 Å². The molecule has 1 unspecified atom stereocenters. The molecule has 5 heteroatoms. The van der Waals surface area contributed by atoms with E-state index < -0.39 is 0 Å². The second-order valence-corrected chi connectivity index (χ2v) is 5.91. The molecule has 0 amide bonds. The van der Waals surface area contributed by atoms with E-state index in [0.29, 0.717) is 12.0 Å². The predicted octanol–water partition coefficient (Wildman–Crippen LogP) is 3.00. The molecule has 0 saturated carbocycles. The van der Waals surface area contributed by atoms with Crippen LogP contribution >= 0.6 is 11.3 Å². The van der Waals surface area contributed by atoms with Crippen molar-refractivity contribution in [1.82, 2.24) is 14.5 Å². The van der Waals surface area contributed by atoms with Gasteiger partial charge in [-0.1, -0.05) is 0 Å². The fourth-order valence-corrected chi connectivity index (χ4v) is 4.01. The summed E-state index contributed by atoms with van der Waals surface area (Å²) in [5, 5.41) is 2.18. The maximum absolute atomic E-state index is 6.14. The van der Waals surface area contributed by atoms with E-state index in [9.17, 15) is 0 Å². The predicted molar refractivity (Wildman–Crippen MR) is 77.3 cm³/mol. The molecule has 2 N–H and O–H groups in total. The van der Waals surface area contributed by atoms with Crippen LogP contribution in [0.3, 0.4) is 0 Å². The summed E-state index contributed by atoms with van der Waals surface area (Å²) < 4.78 is 2.17. The molecular formula is C14H14N4S. The molecule has 0 aromatic carbocycles. The summed E-state index contributed by atoms with van der Waals surface area (Å²) in [6.07, 6.45) is 7.11. The highest BCUT2D eigenvalue weighted by atomic mass is 32.1. The third-order valence-corrected chi connectivity index (χ3v) is 4.85. The van der Waals surface area contributed by atoms with Crippen LogP contribution in [0.5, 0.6) is 0 Å². The van der Waals surface area contributed by atoms with Crippen LogP contribution in [-0.4, -0.2) is 14.5 Å². The number of anilines is 1. The highest BCUT2D eigenvalue weighted by Gasteiger charge is 2.25. The minimum atomic E-state index is 0.322. The van der Waals surface area contributed by atoms with Gasteiger partial charge in [-0.2, -0.15) is 0 Å². The average molecular weight is 270 g/mol. The van der Waals surface area contributed by atoms with Gasteiger partial charge in [-0.3, -0.25) is 4.98 Å². The molecule has 0 fully saturated rings. The first-order chi connectivity index (χ1) is 9.34. The van der Waals surface area contributed by atoms with Crippen molar-refractivity contribution >= 4 is 28.3 Å². The third-order valence-electron chi connectivity index (χ3n) is 3.85. The van der Waals surface area contributed by atoms with Crippen LogP contribution in [-0.2, 0) is 6.42 Å². The molecule has 1 aliphatic rings. The van der Waals surface area contributed by atoms with Crippen LogP contribution in [0.15, 0.2) is 29.9 Å². The molecule has 1 aliphatic carbocycles. The number of pyridine rings is 1. The Balaban J connectivity index is 1.95. The fourth-order valence-electron chi connectivity index (χ4n) is 3.03. The quantitative estimate of drug-likeness (QED) is 0.739. The number of fused-ring (bicyclic) bond motifs is 2. The Morgan fingerprint density at radius 1 is 1.37 bits per heavy atom. The molecule has 0 aliphatic heterocycles. The molecule has 0 spiro atoms. The van der Waals surface area contributed by atoms with Gasteiger partial charge >= 0.3 is 0 Å². The number of hydrogen-bond acceptors (Lipinski definition) is 4. The van der Waals surface area contributed by atoms with E-state index in [-0.39, 0.29) is 0 Å². The molecule has 0 bridgehead atoms. The van der Waals surface area contributed by atoms with Crippen LogP contribution in [0.2, 0.25) is 0 Å². The molecular weight excluding hydrogens is 256 g/mol. The van der Waals surface area contributed by atoms with Crippen molar-refractivity contribution in [3.63, 3.8) is 0 Å². The Bertz CT molecular complexity index is 743. The summed E-state index contributed by atoms with van der Waals surface area (Å²) in [6, 6.07) is 4.55. The van der Waals surface area contributed by atoms with Crippen molar-refractivity contribution < 1.29 is 0 Å². The van der Waals surface area contributed by atoms with Gasteiger partial charge in [-0.15, -0.1) is 11.3 Å². The smallest absolute Gasteiger partial charge is 0.201 e. The Hall–Kier alpha value is -1.88. The second kappa shape index (κ2) is 4.06. The molecule has 3 aromatic rings. The lowest BCUT2D eigenvalue weighted by atomic mass is 9.93. The van der Waals surface area contributed by atoms with Gasteiger partial charge < -0.3 is 10.3 Å². The number of nitrogens with zero attached hydrogens (tertiary/aromatic N) is 3. The van der Waals surface area contributed by atoms with Gasteiger partial charge in [0.1, 0.15) is 5.52 Å². The molecule has 96 valence electrons. The van der Waals surface area contributed by atoms with Gasteiger partial charge in [-0.05, 0) is 42.3 Å². The second-order valence-electron chi connectivity index (χ2n) is 4.91. The summed E-state index contributed by atoms with van der Waals surface area (Å²) in [4.78, 5) is 10.0. The monoisotopic (exact) mass is 270 g/mol. The van der Waals surface area contributed by atoms with Crippen LogP contribution < -0.4 is 5.73 Å². The zero-order valence-electron chi connectivity index (χ0n) is 10.4. The summed E-state index contributed by atoms with van der Waals surface area (Å²) >= 11 is 1.85. The summed E-state index contributed by atoms with van der Waals surface area (Å²) in [5.41, 5.74) is 9.51. The lowest BCUT2D eigenvalue weighted by Gasteiger charge is -2.25. The minimum absolute atomic E-state index is 0.322. The first-order valence-electron chi connectivity index (χ1n) is 6.48. The number of imidazole rings is 1. The molecule has 3 aromatic heterocycles. The lowest BCUT2D eigenvalue weighted by Crippen LogP contribution is -2.17. The normalized spacial score (nSPS) is 18.6. The van der Waals surface area contributed by atoms with Crippen molar-refractivity contribution in [2.45, 2.75) is 25.3 Å². The van der Waals surface area contributed by atoms with Gasteiger partial charge in [-0.25, -0.2) is 4.98 Å². The molecule has 19 heavy (non-hydrogen) atoms. The van der Waals surface area contributed by atoms with Gasteiger partial charge in [0.05, 0.1) is 17.8 Å². The van der Waals surface area contributed by atoms with Crippen molar-refractivity contribution in [2.75, 3.05) is 5.73 Å². The Morgan fingerprint density at radius 3 is 3.26 bits per heavy atom. The maximum atomic E-state index is 6.14. The summed E-state index contributed by atoms with van der Waals surface area (Å²) in [5.74, 6) is 0.590. The van der Waals surface area contributed by atoms with E-state index in [1.807, 2.05) is 17.4 Å². The van der Waals surface area contributed by atoms with Gasteiger partial charge in [0, 0.05) is 11.1 Å². The standard InChI is InChI=1S/C14H14N4S/c15-14-17-10-8-16-6-4-12(10)18(14)11-2-1-3-13-9(11)5-7-19-13/h4-8,11H,1-3H2,(H2,15,17). The molecule has 4 nitrogen and oxygen atoms in total. The van der Waals surface area contributed by atoms with E-state index in [0.717, 1.165) is 17.5 Å². The first kappa shape index (κ1) is 11.0. The number of hydrogen-bond donors (Lipinski definition) is 1. The van der Waals surface area contributed by atoms with Crippen molar-refractivity contribution in [3.8, 4) is 0 Å². The average Bonchev–Trinajstić information content (AvgIpc) is 3.01. The SMILES string of the molecule is Nc1nc2cnccc2n1C1CCCc2sccc21. The number of nitrogen functional groups attached to an aromatic ring is 1. The van der Waals surface area contributed by atoms with E-state index in [1.165, 1.54) is 23.3 Å². The lowest BCUT2D eigenvalue weighted by molar-refractivity contribution is 0.510. The van der Waals surface area contributed by atoms with Crippen LogP contribution in [0.1, 0.15) is 29.3 Å². The largest absolute Gasteiger partial charge is 0.369 e. The van der Waals surface area contributed by atoms with Crippen LogP contribution in [0.25, 0.3) is 11.0 Å². The highest BCUT2D eigenvalue weighted by Crippen LogP contribution is 2.38. The molecule has 0 saturated heterocycles. The Kier molecular flexibility index (Phi) is 2.35. The van der Waals surface area contributed by atoms with E-state index >= 15 is 0 Å². The van der Waals surface area contributed by atoms with Crippen LogP contribution in [0.4, 0.5) is 5.95 Å². The highest BCUT2D eigenvalue weighted by molar-refractivity contribution is 7.10. The maximum Gasteiger partial charge on any atom is 0.201 e. The molecule has 0 radical (unpaired) electrons.